The molecule has 150 valence electrons. The molecule has 1 heterocycles. The van der Waals surface area contributed by atoms with Gasteiger partial charge in [-0.1, -0.05) is 42.8 Å². The van der Waals surface area contributed by atoms with Gasteiger partial charge >= 0.3 is 0 Å². The third-order valence-corrected chi connectivity index (χ3v) is 4.78. The van der Waals surface area contributed by atoms with Gasteiger partial charge in [0, 0.05) is 11.3 Å². The zero-order valence-electron chi connectivity index (χ0n) is 16.8. The van der Waals surface area contributed by atoms with Crippen LogP contribution in [0, 0.1) is 12.7 Å². The average molecular weight is 400 g/mol. The Morgan fingerprint density at radius 2 is 1.77 bits per heavy atom. The quantitative estimate of drug-likeness (QED) is 0.501. The molecule has 5 nitrogen and oxygen atoms in total. The molecule has 4 rings (SSSR count). The summed E-state index contributed by atoms with van der Waals surface area (Å²) < 4.78 is 15.0. The normalized spacial score (nSPS) is 10.8. The van der Waals surface area contributed by atoms with E-state index in [1.807, 2.05) is 55.5 Å². The molecule has 0 saturated carbocycles. The Bertz CT molecular complexity index is 1180. The molecule has 1 aromatic heterocycles. The van der Waals surface area contributed by atoms with Crippen LogP contribution in [0.15, 0.2) is 72.8 Å². The second kappa shape index (κ2) is 8.29. The minimum absolute atomic E-state index is 0.0374. The van der Waals surface area contributed by atoms with Gasteiger partial charge in [-0.15, -0.1) is 5.10 Å². The molecule has 1 N–H and O–H groups in total. The van der Waals surface area contributed by atoms with Crippen LogP contribution in [0.3, 0.4) is 0 Å². The lowest BCUT2D eigenvalue weighted by atomic mass is 10.1. The van der Waals surface area contributed by atoms with Crippen molar-refractivity contribution in [2.24, 2.45) is 0 Å². The highest BCUT2D eigenvalue weighted by molar-refractivity contribution is 6.01. The van der Waals surface area contributed by atoms with E-state index >= 15 is 0 Å². The number of nitrogens with zero attached hydrogens (tertiary/aromatic N) is 3. The molecule has 0 aliphatic carbocycles. The van der Waals surface area contributed by atoms with Crippen LogP contribution in [0.4, 0.5) is 10.1 Å². The summed E-state index contributed by atoms with van der Waals surface area (Å²) in [6, 6.07) is 21.3. The van der Waals surface area contributed by atoms with Gasteiger partial charge in [0.25, 0.3) is 5.91 Å². The fourth-order valence-corrected chi connectivity index (χ4v) is 3.15. The summed E-state index contributed by atoms with van der Waals surface area (Å²) in [5, 5.41) is 7.25. The molecule has 0 bridgehead atoms. The fraction of sp³-hybridized carbons (Fsp3) is 0.125. The largest absolute Gasteiger partial charge is 0.319 e. The molecule has 0 atom stereocenters. The number of aryl methyl sites for hydroxylation is 2. The zero-order chi connectivity index (χ0) is 21.1. The van der Waals surface area contributed by atoms with E-state index in [0.29, 0.717) is 17.2 Å². The molecule has 4 aromatic rings. The predicted octanol–water partition coefficient (Wildman–Crippen LogP) is 5.20. The summed E-state index contributed by atoms with van der Waals surface area (Å²) in [5.74, 6) is -0.203. The summed E-state index contributed by atoms with van der Waals surface area (Å²) >= 11 is 0. The smallest absolute Gasteiger partial charge is 0.295 e. The predicted molar refractivity (Wildman–Crippen MR) is 115 cm³/mol. The van der Waals surface area contributed by atoms with Gasteiger partial charge in [-0.3, -0.25) is 4.79 Å². The molecule has 3 aromatic carbocycles. The summed E-state index contributed by atoms with van der Waals surface area (Å²) in [4.78, 5) is 17.3. The molecular formula is C24H21FN4O. The van der Waals surface area contributed by atoms with E-state index in [1.54, 1.807) is 16.8 Å². The standard InChI is InChI=1S/C24H21FN4O/c1-3-17-7-11-20(12-8-17)26-24(30)22-27-23(18-6-4-5-16(2)15-18)29(28-22)21-13-9-19(25)10-14-21/h4-15H,3H2,1-2H3,(H,26,30). The van der Waals surface area contributed by atoms with Crippen molar-refractivity contribution in [1.82, 2.24) is 14.8 Å². The van der Waals surface area contributed by atoms with Crippen molar-refractivity contribution in [1.29, 1.82) is 0 Å². The van der Waals surface area contributed by atoms with E-state index < -0.39 is 5.91 Å². The molecule has 0 fully saturated rings. The van der Waals surface area contributed by atoms with Crippen molar-refractivity contribution < 1.29 is 9.18 Å². The van der Waals surface area contributed by atoms with Crippen LogP contribution in [-0.4, -0.2) is 20.7 Å². The maximum absolute atomic E-state index is 13.4. The average Bonchev–Trinajstić information content (AvgIpc) is 3.20. The van der Waals surface area contributed by atoms with Gasteiger partial charge in [0.1, 0.15) is 5.82 Å². The van der Waals surface area contributed by atoms with Gasteiger partial charge in [-0.2, -0.15) is 0 Å². The van der Waals surface area contributed by atoms with Crippen molar-refractivity contribution in [2.75, 3.05) is 5.32 Å². The number of benzene rings is 3. The first-order chi connectivity index (χ1) is 14.5. The van der Waals surface area contributed by atoms with Crippen molar-refractivity contribution in [3.63, 3.8) is 0 Å². The van der Waals surface area contributed by atoms with Crippen LogP contribution in [0.5, 0.6) is 0 Å². The number of nitrogens with one attached hydrogen (secondary N) is 1. The molecule has 1 amide bonds. The number of aromatic nitrogens is 3. The Balaban J connectivity index is 1.72. The Kier molecular flexibility index (Phi) is 5.39. The van der Waals surface area contributed by atoms with Crippen LogP contribution in [0.1, 0.15) is 28.7 Å². The SMILES string of the molecule is CCc1ccc(NC(=O)c2nc(-c3cccc(C)c3)n(-c3ccc(F)cc3)n2)cc1. The summed E-state index contributed by atoms with van der Waals surface area (Å²) in [6.07, 6.45) is 0.928. The van der Waals surface area contributed by atoms with E-state index in [-0.39, 0.29) is 11.6 Å². The van der Waals surface area contributed by atoms with Crippen LogP contribution in [0.25, 0.3) is 17.1 Å². The first-order valence-corrected chi connectivity index (χ1v) is 9.74. The number of carbonyl (C=O) groups is 1. The van der Waals surface area contributed by atoms with Crippen molar-refractivity contribution in [3.8, 4) is 17.1 Å². The summed E-state index contributed by atoms with van der Waals surface area (Å²) in [6.45, 7) is 4.06. The first-order valence-electron chi connectivity index (χ1n) is 9.74. The molecular weight excluding hydrogens is 379 g/mol. The number of halogens is 1. The number of hydrogen-bond acceptors (Lipinski definition) is 3. The maximum Gasteiger partial charge on any atom is 0.295 e. The third-order valence-electron chi connectivity index (χ3n) is 4.78. The number of anilines is 1. The summed E-state index contributed by atoms with van der Waals surface area (Å²) in [7, 11) is 0. The molecule has 6 heteroatoms. The van der Waals surface area contributed by atoms with Crippen LogP contribution >= 0.6 is 0 Å². The molecule has 0 unspecified atom stereocenters. The highest BCUT2D eigenvalue weighted by atomic mass is 19.1. The van der Waals surface area contributed by atoms with Gasteiger partial charge < -0.3 is 5.32 Å². The Hall–Kier alpha value is -3.80. The lowest BCUT2D eigenvalue weighted by Crippen LogP contribution is -2.14. The molecule has 0 spiro atoms. The Morgan fingerprint density at radius 1 is 1.03 bits per heavy atom. The molecule has 0 radical (unpaired) electrons. The first kappa shape index (κ1) is 19.5. The molecule has 30 heavy (non-hydrogen) atoms. The molecule has 0 aliphatic rings. The lowest BCUT2D eigenvalue weighted by Gasteiger charge is -2.06. The maximum atomic E-state index is 13.4. The van der Waals surface area contributed by atoms with Gasteiger partial charge in [0.05, 0.1) is 5.69 Å². The van der Waals surface area contributed by atoms with E-state index in [9.17, 15) is 9.18 Å². The molecule has 0 saturated heterocycles. The van der Waals surface area contributed by atoms with Gasteiger partial charge in [0.2, 0.25) is 5.82 Å². The number of carbonyl (C=O) groups excluding carboxylic acids is 1. The number of rotatable bonds is 5. The van der Waals surface area contributed by atoms with E-state index in [2.05, 4.69) is 22.3 Å². The fourth-order valence-electron chi connectivity index (χ4n) is 3.15. The van der Waals surface area contributed by atoms with Gasteiger partial charge in [0.15, 0.2) is 5.82 Å². The van der Waals surface area contributed by atoms with Gasteiger partial charge in [-0.25, -0.2) is 14.1 Å². The highest BCUT2D eigenvalue weighted by Gasteiger charge is 2.19. The zero-order valence-corrected chi connectivity index (χ0v) is 16.8. The van der Waals surface area contributed by atoms with Crippen molar-refractivity contribution in [3.05, 3.63) is 95.6 Å². The van der Waals surface area contributed by atoms with Gasteiger partial charge in [-0.05, 0) is 61.4 Å². The Labute approximate surface area is 174 Å². The van der Waals surface area contributed by atoms with Crippen LogP contribution in [-0.2, 0) is 6.42 Å². The van der Waals surface area contributed by atoms with Crippen LogP contribution < -0.4 is 5.32 Å². The number of amides is 1. The third kappa shape index (κ3) is 4.12. The van der Waals surface area contributed by atoms with Crippen molar-refractivity contribution >= 4 is 11.6 Å². The molecule has 0 aliphatic heterocycles. The van der Waals surface area contributed by atoms with E-state index in [1.165, 1.54) is 17.7 Å². The number of hydrogen-bond donors (Lipinski definition) is 1. The topological polar surface area (TPSA) is 59.8 Å². The van der Waals surface area contributed by atoms with E-state index in [0.717, 1.165) is 17.5 Å². The Morgan fingerprint density at radius 3 is 2.43 bits per heavy atom. The monoisotopic (exact) mass is 400 g/mol. The second-order valence-electron chi connectivity index (χ2n) is 7.02. The highest BCUT2D eigenvalue weighted by Crippen LogP contribution is 2.23. The minimum Gasteiger partial charge on any atom is -0.319 e. The summed E-state index contributed by atoms with van der Waals surface area (Å²) in [5.41, 5.74) is 4.36. The van der Waals surface area contributed by atoms with Crippen molar-refractivity contribution in [2.45, 2.75) is 20.3 Å². The lowest BCUT2D eigenvalue weighted by molar-refractivity contribution is 0.101. The minimum atomic E-state index is -0.408. The van der Waals surface area contributed by atoms with Crippen LogP contribution in [0.2, 0.25) is 0 Å². The second-order valence-corrected chi connectivity index (χ2v) is 7.02. The van der Waals surface area contributed by atoms with E-state index in [4.69, 9.17) is 0 Å².